The number of piperazine rings is 1. The molecule has 5 heteroatoms. The van der Waals surface area contributed by atoms with Crippen molar-refractivity contribution < 1.29 is 4.79 Å². The highest BCUT2D eigenvalue weighted by Crippen LogP contribution is 2.24. The Morgan fingerprint density at radius 1 is 1.00 bits per heavy atom. The van der Waals surface area contributed by atoms with Gasteiger partial charge in [0.25, 0.3) is 5.91 Å². The summed E-state index contributed by atoms with van der Waals surface area (Å²) < 4.78 is 0. The van der Waals surface area contributed by atoms with Gasteiger partial charge in [-0.15, -0.1) is 0 Å². The molecule has 1 aliphatic rings. The van der Waals surface area contributed by atoms with Crippen LogP contribution in [-0.2, 0) is 5.41 Å². The fraction of sp³-hybridized carbons (Fsp3) is 0.429. The van der Waals surface area contributed by atoms with Gasteiger partial charge in [-0.05, 0) is 42.3 Å². The summed E-state index contributed by atoms with van der Waals surface area (Å²) in [7, 11) is 2.08. The first-order valence-electron chi connectivity index (χ1n) is 9.14. The van der Waals surface area contributed by atoms with Crippen LogP contribution < -0.4 is 5.32 Å². The molecule has 0 radical (unpaired) electrons. The van der Waals surface area contributed by atoms with Crippen LogP contribution in [0.2, 0.25) is 0 Å². The molecule has 1 aromatic heterocycles. The van der Waals surface area contributed by atoms with Gasteiger partial charge in [-0.1, -0.05) is 32.9 Å². The Morgan fingerprint density at radius 2 is 1.65 bits per heavy atom. The van der Waals surface area contributed by atoms with E-state index in [9.17, 15) is 4.79 Å². The number of likely N-dealkylation sites (N-methyl/N-ethyl adjacent to an activating group) is 1. The minimum absolute atomic E-state index is 0.0617. The second-order valence-corrected chi connectivity index (χ2v) is 7.98. The Morgan fingerprint density at radius 3 is 2.19 bits per heavy atom. The quantitative estimate of drug-likeness (QED) is 0.918. The summed E-state index contributed by atoms with van der Waals surface area (Å²) in [5.41, 5.74) is 3.07. The van der Waals surface area contributed by atoms with Gasteiger partial charge in [0.05, 0.1) is 5.56 Å². The molecule has 1 amide bonds. The summed E-state index contributed by atoms with van der Waals surface area (Å²) in [5.74, 6) is 0.801. The van der Waals surface area contributed by atoms with Gasteiger partial charge in [-0.25, -0.2) is 4.98 Å². The maximum absolute atomic E-state index is 12.6. The number of amides is 1. The highest BCUT2D eigenvalue weighted by Gasteiger charge is 2.20. The van der Waals surface area contributed by atoms with Gasteiger partial charge in [0.1, 0.15) is 5.82 Å². The number of carbonyl (C=O) groups excluding carboxylic acids is 1. The maximum atomic E-state index is 12.6. The molecule has 1 aromatic carbocycles. The number of hydrogen-bond donors (Lipinski definition) is 1. The Hall–Kier alpha value is -2.40. The van der Waals surface area contributed by atoms with Gasteiger partial charge in [-0.2, -0.15) is 0 Å². The van der Waals surface area contributed by atoms with Crippen LogP contribution in [-0.4, -0.2) is 53.9 Å². The molecule has 26 heavy (non-hydrogen) atoms. The van der Waals surface area contributed by atoms with Crippen molar-refractivity contribution in [1.29, 1.82) is 0 Å². The van der Waals surface area contributed by atoms with Crippen LogP contribution in [0.5, 0.6) is 0 Å². The molecular weight excluding hydrogens is 324 g/mol. The number of nitrogens with zero attached hydrogens (tertiary/aromatic N) is 3. The SMILES string of the molecule is CN1CCN(C(=O)c2ccc(Nc3ccc(C(C)(C)C)cc3)nc2)CC1. The van der Waals surface area contributed by atoms with Crippen molar-refractivity contribution in [1.82, 2.24) is 14.8 Å². The van der Waals surface area contributed by atoms with E-state index in [0.29, 0.717) is 5.56 Å². The minimum Gasteiger partial charge on any atom is -0.340 e. The van der Waals surface area contributed by atoms with Crippen molar-refractivity contribution >= 4 is 17.4 Å². The number of pyridine rings is 1. The Kier molecular flexibility index (Phi) is 5.28. The first-order chi connectivity index (χ1) is 12.3. The number of anilines is 2. The molecule has 0 spiro atoms. The van der Waals surface area contributed by atoms with Crippen LogP contribution in [0.1, 0.15) is 36.7 Å². The smallest absolute Gasteiger partial charge is 0.255 e. The first kappa shape index (κ1) is 18.4. The lowest BCUT2D eigenvalue weighted by molar-refractivity contribution is 0.0663. The van der Waals surface area contributed by atoms with E-state index < -0.39 is 0 Å². The molecule has 5 nitrogen and oxygen atoms in total. The summed E-state index contributed by atoms with van der Waals surface area (Å²) in [6.07, 6.45) is 1.66. The van der Waals surface area contributed by atoms with Crippen molar-refractivity contribution in [3.8, 4) is 0 Å². The molecule has 0 bridgehead atoms. The largest absolute Gasteiger partial charge is 0.340 e. The third-order valence-corrected chi connectivity index (χ3v) is 4.82. The summed E-state index contributed by atoms with van der Waals surface area (Å²) in [4.78, 5) is 21.1. The van der Waals surface area contributed by atoms with Crippen molar-refractivity contribution in [2.24, 2.45) is 0 Å². The molecular formula is C21H28N4O. The first-order valence-corrected chi connectivity index (χ1v) is 9.14. The van der Waals surface area contributed by atoms with Crippen molar-refractivity contribution in [2.45, 2.75) is 26.2 Å². The molecule has 1 N–H and O–H groups in total. The van der Waals surface area contributed by atoms with E-state index in [0.717, 1.165) is 37.7 Å². The zero-order chi connectivity index (χ0) is 18.7. The highest BCUT2D eigenvalue weighted by atomic mass is 16.2. The Bertz CT molecular complexity index is 739. The van der Waals surface area contributed by atoms with Crippen LogP contribution in [0.25, 0.3) is 0 Å². The average molecular weight is 352 g/mol. The third kappa shape index (κ3) is 4.41. The minimum atomic E-state index is 0.0617. The van der Waals surface area contributed by atoms with Crippen molar-refractivity contribution in [2.75, 3.05) is 38.5 Å². The van der Waals surface area contributed by atoms with E-state index in [1.165, 1.54) is 5.56 Å². The topological polar surface area (TPSA) is 48.5 Å². The number of carbonyl (C=O) groups is 1. The number of aromatic nitrogens is 1. The summed E-state index contributed by atoms with van der Waals surface area (Å²) in [6, 6.07) is 12.1. The summed E-state index contributed by atoms with van der Waals surface area (Å²) in [6.45, 7) is 9.99. The van der Waals surface area contributed by atoms with Gasteiger partial charge in [-0.3, -0.25) is 4.79 Å². The zero-order valence-electron chi connectivity index (χ0n) is 16.1. The number of benzene rings is 1. The Balaban J connectivity index is 1.63. The molecule has 0 saturated carbocycles. The molecule has 0 unspecified atom stereocenters. The second-order valence-electron chi connectivity index (χ2n) is 7.98. The molecule has 2 aromatic rings. The lowest BCUT2D eigenvalue weighted by atomic mass is 9.87. The van der Waals surface area contributed by atoms with Gasteiger partial charge >= 0.3 is 0 Å². The van der Waals surface area contributed by atoms with Gasteiger partial charge in [0, 0.05) is 38.1 Å². The van der Waals surface area contributed by atoms with Crippen LogP contribution in [0.3, 0.4) is 0 Å². The number of hydrogen-bond acceptors (Lipinski definition) is 4. The van der Waals surface area contributed by atoms with E-state index in [1.54, 1.807) is 6.20 Å². The highest BCUT2D eigenvalue weighted by molar-refractivity contribution is 5.94. The van der Waals surface area contributed by atoms with E-state index >= 15 is 0 Å². The fourth-order valence-corrected chi connectivity index (χ4v) is 2.99. The van der Waals surface area contributed by atoms with Crippen LogP contribution in [0, 0.1) is 0 Å². The number of rotatable bonds is 3. The van der Waals surface area contributed by atoms with Gasteiger partial charge in [0.15, 0.2) is 0 Å². The molecule has 0 aliphatic carbocycles. The normalized spacial score (nSPS) is 15.8. The van der Waals surface area contributed by atoms with E-state index in [2.05, 4.69) is 67.3 Å². The molecule has 138 valence electrons. The van der Waals surface area contributed by atoms with E-state index in [1.807, 2.05) is 17.0 Å². The zero-order valence-corrected chi connectivity index (χ0v) is 16.1. The predicted octanol–water partition coefficient (Wildman–Crippen LogP) is 3.51. The van der Waals surface area contributed by atoms with E-state index in [4.69, 9.17) is 0 Å². The fourth-order valence-electron chi connectivity index (χ4n) is 2.99. The maximum Gasteiger partial charge on any atom is 0.255 e. The standard InChI is InChI=1S/C21H28N4O/c1-21(2,3)17-6-8-18(9-7-17)23-19-10-5-16(15-22-19)20(26)25-13-11-24(4)12-14-25/h5-10,15H,11-14H2,1-4H3,(H,22,23). The second kappa shape index (κ2) is 7.46. The molecule has 1 saturated heterocycles. The molecule has 2 heterocycles. The average Bonchev–Trinajstić information content (AvgIpc) is 2.62. The van der Waals surface area contributed by atoms with E-state index in [-0.39, 0.29) is 11.3 Å². The van der Waals surface area contributed by atoms with Gasteiger partial charge in [0.2, 0.25) is 0 Å². The molecule has 0 atom stereocenters. The molecule has 1 fully saturated rings. The molecule has 1 aliphatic heterocycles. The van der Waals surface area contributed by atoms with Crippen molar-refractivity contribution in [3.63, 3.8) is 0 Å². The van der Waals surface area contributed by atoms with Crippen molar-refractivity contribution in [3.05, 3.63) is 53.7 Å². The van der Waals surface area contributed by atoms with Gasteiger partial charge < -0.3 is 15.1 Å². The van der Waals surface area contributed by atoms with Crippen LogP contribution in [0.4, 0.5) is 11.5 Å². The monoisotopic (exact) mass is 352 g/mol. The Labute approximate surface area is 156 Å². The third-order valence-electron chi connectivity index (χ3n) is 4.82. The number of nitrogens with one attached hydrogen (secondary N) is 1. The van der Waals surface area contributed by atoms with Crippen LogP contribution >= 0.6 is 0 Å². The summed E-state index contributed by atoms with van der Waals surface area (Å²) in [5, 5.41) is 3.29. The van der Waals surface area contributed by atoms with Crippen LogP contribution in [0.15, 0.2) is 42.6 Å². The lowest BCUT2D eigenvalue weighted by Crippen LogP contribution is -2.47. The summed E-state index contributed by atoms with van der Waals surface area (Å²) >= 11 is 0. The predicted molar refractivity (Wildman–Crippen MR) is 106 cm³/mol. The lowest BCUT2D eigenvalue weighted by Gasteiger charge is -2.32. The molecule has 3 rings (SSSR count).